The highest BCUT2D eigenvalue weighted by Gasteiger charge is 2.38. The fourth-order valence-corrected chi connectivity index (χ4v) is 3.66. The van der Waals surface area contributed by atoms with Crippen molar-refractivity contribution in [3.05, 3.63) is 82.0 Å². The number of rotatable bonds is 4. The average molecular weight is 364 g/mol. The number of halogens is 1. The summed E-state index contributed by atoms with van der Waals surface area (Å²) in [6.45, 7) is 1.84. The van der Waals surface area contributed by atoms with Gasteiger partial charge in [0.05, 0.1) is 6.04 Å². The van der Waals surface area contributed by atoms with Gasteiger partial charge in [-0.3, -0.25) is 9.59 Å². The zero-order valence-corrected chi connectivity index (χ0v) is 15.4. The van der Waals surface area contributed by atoms with Crippen LogP contribution < -0.4 is 5.56 Å². The van der Waals surface area contributed by atoms with Crippen molar-refractivity contribution in [3.8, 4) is 0 Å². The Morgan fingerprint density at radius 1 is 1.15 bits per heavy atom. The second-order valence-corrected chi connectivity index (χ2v) is 7.12. The third-order valence-corrected chi connectivity index (χ3v) is 5.32. The second-order valence-electron chi connectivity index (χ2n) is 7.12. The minimum Gasteiger partial charge on any atom is -0.328 e. The standard InChI is InChI=1S/C22H21FN2O2/c1-14(17-8-5-6-10-19(17)23)25(16-11-12-16)22(27)20-13-15-7-3-4-9-18(15)21(26)24(20)2/h3-10,13-14,16H,11-12H2,1-2H3. The molecule has 1 amide bonds. The first-order valence-corrected chi connectivity index (χ1v) is 9.15. The molecule has 4 rings (SSSR count). The number of benzene rings is 2. The van der Waals surface area contributed by atoms with E-state index in [1.165, 1.54) is 10.6 Å². The predicted molar refractivity (Wildman–Crippen MR) is 103 cm³/mol. The molecule has 2 aromatic carbocycles. The van der Waals surface area contributed by atoms with E-state index in [0.717, 1.165) is 18.2 Å². The fraction of sp³-hybridized carbons (Fsp3) is 0.273. The Morgan fingerprint density at radius 2 is 1.81 bits per heavy atom. The maximum atomic E-state index is 14.3. The molecular formula is C22H21FN2O2. The van der Waals surface area contributed by atoms with E-state index in [0.29, 0.717) is 16.6 Å². The molecule has 3 aromatic rings. The van der Waals surface area contributed by atoms with Crippen LogP contribution in [0.4, 0.5) is 4.39 Å². The van der Waals surface area contributed by atoms with E-state index in [2.05, 4.69) is 0 Å². The van der Waals surface area contributed by atoms with Crippen LogP contribution in [0.15, 0.2) is 59.4 Å². The van der Waals surface area contributed by atoms with E-state index in [4.69, 9.17) is 0 Å². The van der Waals surface area contributed by atoms with Crippen LogP contribution in [0, 0.1) is 5.82 Å². The number of pyridine rings is 1. The summed E-state index contributed by atoms with van der Waals surface area (Å²) in [6, 6.07) is 15.2. The number of hydrogen-bond acceptors (Lipinski definition) is 2. The highest BCUT2D eigenvalue weighted by Crippen LogP contribution is 2.36. The minimum atomic E-state index is -0.409. The Morgan fingerprint density at radius 3 is 2.52 bits per heavy atom. The molecule has 1 atom stereocenters. The minimum absolute atomic E-state index is 0.0775. The molecule has 1 unspecified atom stereocenters. The summed E-state index contributed by atoms with van der Waals surface area (Å²) in [5.41, 5.74) is 0.614. The lowest BCUT2D eigenvalue weighted by Crippen LogP contribution is -2.39. The Bertz CT molecular complexity index is 1090. The van der Waals surface area contributed by atoms with Gasteiger partial charge in [-0.25, -0.2) is 4.39 Å². The molecule has 27 heavy (non-hydrogen) atoms. The lowest BCUT2D eigenvalue weighted by Gasteiger charge is -2.30. The molecule has 0 aliphatic heterocycles. The van der Waals surface area contributed by atoms with Gasteiger partial charge in [-0.2, -0.15) is 0 Å². The molecule has 0 radical (unpaired) electrons. The molecule has 0 saturated heterocycles. The summed E-state index contributed by atoms with van der Waals surface area (Å²) in [5, 5.41) is 1.31. The monoisotopic (exact) mass is 364 g/mol. The summed E-state index contributed by atoms with van der Waals surface area (Å²) in [6.07, 6.45) is 1.79. The number of fused-ring (bicyclic) bond motifs is 1. The van der Waals surface area contributed by atoms with Crippen molar-refractivity contribution in [2.45, 2.75) is 31.8 Å². The van der Waals surface area contributed by atoms with Crippen molar-refractivity contribution in [1.82, 2.24) is 9.47 Å². The summed E-state index contributed by atoms with van der Waals surface area (Å²) in [4.78, 5) is 27.8. The highest BCUT2D eigenvalue weighted by atomic mass is 19.1. The molecule has 138 valence electrons. The molecule has 1 saturated carbocycles. The molecule has 0 bridgehead atoms. The van der Waals surface area contributed by atoms with Gasteiger partial charge in [0.15, 0.2) is 0 Å². The van der Waals surface area contributed by atoms with Gasteiger partial charge in [-0.15, -0.1) is 0 Å². The Labute approximate surface area is 156 Å². The number of carbonyl (C=O) groups is 1. The third kappa shape index (κ3) is 3.03. The first-order chi connectivity index (χ1) is 13.0. The van der Waals surface area contributed by atoms with Crippen LogP contribution in [0.5, 0.6) is 0 Å². The van der Waals surface area contributed by atoms with Gasteiger partial charge >= 0.3 is 0 Å². The van der Waals surface area contributed by atoms with E-state index < -0.39 is 6.04 Å². The molecule has 1 heterocycles. The van der Waals surface area contributed by atoms with Crippen molar-refractivity contribution in [1.29, 1.82) is 0 Å². The molecule has 1 aliphatic carbocycles. The quantitative estimate of drug-likeness (QED) is 0.701. The van der Waals surface area contributed by atoms with Crippen LogP contribution in [-0.2, 0) is 7.05 Å². The van der Waals surface area contributed by atoms with E-state index in [1.54, 1.807) is 42.3 Å². The lowest BCUT2D eigenvalue weighted by atomic mass is 10.0. The fourth-order valence-electron chi connectivity index (χ4n) is 3.66. The molecule has 1 fully saturated rings. The van der Waals surface area contributed by atoms with Crippen LogP contribution in [0.1, 0.15) is 41.9 Å². The first-order valence-electron chi connectivity index (χ1n) is 9.15. The summed E-state index contributed by atoms with van der Waals surface area (Å²) < 4.78 is 15.7. The van der Waals surface area contributed by atoms with Crippen molar-refractivity contribution in [2.24, 2.45) is 7.05 Å². The van der Waals surface area contributed by atoms with Gasteiger partial charge in [-0.1, -0.05) is 36.4 Å². The molecule has 0 N–H and O–H groups in total. The predicted octanol–water partition coefficient (Wildman–Crippen LogP) is 4.04. The maximum absolute atomic E-state index is 14.3. The molecule has 5 heteroatoms. The maximum Gasteiger partial charge on any atom is 0.271 e. The molecular weight excluding hydrogens is 343 g/mol. The second kappa shape index (κ2) is 6.65. The summed E-state index contributed by atoms with van der Waals surface area (Å²) >= 11 is 0. The van der Waals surface area contributed by atoms with E-state index in [9.17, 15) is 14.0 Å². The van der Waals surface area contributed by atoms with Crippen molar-refractivity contribution in [2.75, 3.05) is 0 Å². The number of nitrogens with zero attached hydrogens (tertiary/aromatic N) is 2. The Hall–Kier alpha value is -2.95. The van der Waals surface area contributed by atoms with Crippen molar-refractivity contribution in [3.63, 3.8) is 0 Å². The van der Waals surface area contributed by atoms with Gasteiger partial charge < -0.3 is 9.47 Å². The van der Waals surface area contributed by atoms with Crippen LogP contribution >= 0.6 is 0 Å². The number of aromatic nitrogens is 1. The van der Waals surface area contributed by atoms with E-state index in [1.807, 2.05) is 25.1 Å². The van der Waals surface area contributed by atoms with Crippen LogP contribution in [0.2, 0.25) is 0 Å². The van der Waals surface area contributed by atoms with Crippen LogP contribution in [-0.4, -0.2) is 21.4 Å². The highest BCUT2D eigenvalue weighted by molar-refractivity contribution is 5.97. The van der Waals surface area contributed by atoms with Gasteiger partial charge in [0, 0.05) is 24.0 Å². The number of carbonyl (C=O) groups excluding carboxylic acids is 1. The van der Waals surface area contributed by atoms with Crippen LogP contribution in [0.3, 0.4) is 0 Å². The lowest BCUT2D eigenvalue weighted by molar-refractivity contribution is 0.0660. The zero-order chi connectivity index (χ0) is 19.1. The summed E-state index contributed by atoms with van der Waals surface area (Å²) in [7, 11) is 1.61. The summed E-state index contributed by atoms with van der Waals surface area (Å²) in [5.74, 6) is -0.561. The van der Waals surface area contributed by atoms with Gasteiger partial charge in [-0.05, 0) is 43.4 Å². The van der Waals surface area contributed by atoms with E-state index in [-0.39, 0.29) is 23.3 Å². The van der Waals surface area contributed by atoms with Crippen molar-refractivity contribution < 1.29 is 9.18 Å². The molecule has 0 spiro atoms. The number of hydrogen-bond donors (Lipinski definition) is 0. The molecule has 1 aliphatic rings. The molecule has 4 nitrogen and oxygen atoms in total. The van der Waals surface area contributed by atoms with Gasteiger partial charge in [0.2, 0.25) is 0 Å². The van der Waals surface area contributed by atoms with Crippen LogP contribution in [0.25, 0.3) is 10.8 Å². The average Bonchev–Trinajstić information content (AvgIpc) is 3.50. The van der Waals surface area contributed by atoms with Gasteiger partial charge in [0.1, 0.15) is 11.5 Å². The van der Waals surface area contributed by atoms with Gasteiger partial charge in [0.25, 0.3) is 11.5 Å². The van der Waals surface area contributed by atoms with E-state index >= 15 is 0 Å². The smallest absolute Gasteiger partial charge is 0.271 e. The zero-order valence-electron chi connectivity index (χ0n) is 15.4. The topological polar surface area (TPSA) is 42.3 Å². The SMILES string of the molecule is CC(c1ccccc1F)N(C(=O)c1cc2ccccc2c(=O)n1C)C1CC1. The largest absolute Gasteiger partial charge is 0.328 e. The normalized spacial score (nSPS) is 14.9. The Kier molecular flexibility index (Phi) is 4.30. The Balaban J connectivity index is 1.80. The van der Waals surface area contributed by atoms with Crippen molar-refractivity contribution >= 4 is 16.7 Å². The molecule has 1 aromatic heterocycles. The third-order valence-electron chi connectivity index (χ3n) is 5.32. The number of amides is 1. The first kappa shape index (κ1) is 17.5.